The van der Waals surface area contributed by atoms with Gasteiger partial charge in [-0.2, -0.15) is 5.10 Å². The summed E-state index contributed by atoms with van der Waals surface area (Å²) in [6, 6.07) is 16.4. The number of hydrogen-bond donors (Lipinski definition) is 1. The highest BCUT2D eigenvalue weighted by Crippen LogP contribution is 2.19. The average Bonchev–Trinajstić information content (AvgIpc) is 2.71. The van der Waals surface area contributed by atoms with Gasteiger partial charge in [0, 0.05) is 18.2 Å². The SMILES string of the molecule is COc1ccc(-c2ccc(=O)n(CC(=O)NCCc3ccc(F)cc3)n2)cc1. The Bertz CT molecular complexity index is 999. The van der Waals surface area contributed by atoms with Gasteiger partial charge in [0.25, 0.3) is 5.56 Å². The van der Waals surface area contributed by atoms with E-state index in [4.69, 9.17) is 4.74 Å². The minimum atomic E-state index is -0.356. The molecule has 2 aromatic carbocycles. The zero-order valence-electron chi connectivity index (χ0n) is 15.4. The molecular weight excluding hydrogens is 361 g/mol. The van der Waals surface area contributed by atoms with Gasteiger partial charge in [-0.05, 0) is 54.4 Å². The first-order chi connectivity index (χ1) is 13.5. The zero-order valence-corrected chi connectivity index (χ0v) is 15.4. The predicted octanol–water partition coefficient (Wildman–Crippen LogP) is 2.42. The first kappa shape index (κ1) is 19.3. The highest BCUT2D eigenvalue weighted by atomic mass is 19.1. The third-order valence-corrected chi connectivity index (χ3v) is 4.19. The van der Waals surface area contributed by atoms with E-state index in [1.54, 1.807) is 37.4 Å². The van der Waals surface area contributed by atoms with Gasteiger partial charge in [0.2, 0.25) is 5.91 Å². The molecule has 1 heterocycles. The van der Waals surface area contributed by atoms with Crippen LogP contribution in [0.2, 0.25) is 0 Å². The molecule has 0 bridgehead atoms. The second-order valence-corrected chi connectivity index (χ2v) is 6.17. The van der Waals surface area contributed by atoms with Gasteiger partial charge in [0.15, 0.2) is 0 Å². The second-order valence-electron chi connectivity index (χ2n) is 6.17. The van der Waals surface area contributed by atoms with Crippen LogP contribution in [0.5, 0.6) is 5.75 Å². The maximum Gasteiger partial charge on any atom is 0.267 e. The van der Waals surface area contributed by atoms with Crippen LogP contribution in [0.25, 0.3) is 11.3 Å². The third kappa shape index (κ3) is 5.03. The number of carbonyl (C=O) groups is 1. The molecule has 0 unspecified atom stereocenters. The number of halogens is 1. The number of aromatic nitrogens is 2. The monoisotopic (exact) mass is 381 g/mol. The number of nitrogens with one attached hydrogen (secondary N) is 1. The molecule has 1 aromatic heterocycles. The Hall–Kier alpha value is -3.48. The fourth-order valence-corrected chi connectivity index (χ4v) is 2.67. The Morgan fingerprint density at radius 1 is 1.07 bits per heavy atom. The summed E-state index contributed by atoms with van der Waals surface area (Å²) in [5.41, 5.74) is 1.96. The van der Waals surface area contributed by atoms with Crippen molar-refractivity contribution < 1.29 is 13.9 Å². The predicted molar refractivity (Wildman–Crippen MR) is 104 cm³/mol. The summed E-state index contributed by atoms with van der Waals surface area (Å²) in [7, 11) is 1.59. The number of benzene rings is 2. The Morgan fingerprint density at radius 3 is 2.46 bits per heavy atom. The van der Waals surface area contributed by atoms with Crippen LogP contribution in [0.4, 0.5) is 4.39 Å². The van der Waals surface area contributed by atoms with Gasteiger partial charge in [-0.1, -0.05) is 12.1 Å². The van der Waals surface area contributed by atoms with Crippen LogP contribution in [0.3, 0.4) is 0 Å². The van der Waals surface area contributed by atoms with E-state index in [-0.39, 0.29) is 23.8 Å². The fourth-order valence-electron chi connectivity index (χ4n) is 2.67. The largest absolute Gasteiger partial charge is 0.497 e. The van der Waals surface area contributed by atoms with Gasteiger partial charge in [-0.3, -0.25) is 9.59 Å². The molecule has 3 aromatic rings. The quantitative estimate of drug-likeness (QED) is 0.682. The fraction of sp³-hybridized carbons (Fsp3) is 0.190. The normalized spacial score (nSPS) is 10.5. The summed E-state index contributed by atoms with van der Waals surface area (Å²) in [6.45, 7) is 0.212. The average molecular weight is 381 g/mol. The number of amides is 1. The summed E-state index contributed by atoms with van der Waals surface area (Å²) >= 11 is 0. The van der Waals surface area contributed by atoms with E-state index in [2.05, 4.69) is 10.4 Å². The van der Waals surface area contributed by atoms with Gasteiger partial charge in [0.05, 0.1) is 12.8 Å². The smallest absolute Gasteiger partial charge is 0.267 e. The third-order valence-electron chi connectivity index (χ3n) is 4.19. The summed E-state index contributed by atoms with van der Waals surface area (Å²) in [5, 5.41) is 7.02. The maximum atomic E-state index is 12.9. The van der Waals surface area contributed by atoms with E-state index in [0.717, 1.165) is 21.6 Å². The lowest BCUT2D eigenvalue weighted by Crippen LogP contribution is -2.34. The molecule has 0 atom stereocenters. The number of rotatable bonds is 7. The van der Waals surface area contributed by atoms with Gasteiger partial charge in [0.1, 0.15) is 18.1 Å². The van der Waals surface area contributed by atoms with E-state index in [9.17, 15) is 14.0 Å². The van der Waals surface area contributed by atoms with Crippen molar-refractivity contribution in [1.29, 1.82) is 0 Å². The van der Waals surface area contributed by atoms with E-state index in [1.807, 2.05) is 12.1 Å². The van der Waals surface area contributed by atoms with Crippen molar-refractivity contribution in [2.24, 2.45) is 0 Å². The molecule has 1 N–H and O–H groups in total. The van der Waals surface area contributed by atoms with Crippen molar-refractivity contribution in [3.05, 3.63) is 82.4 Å². The number of hydrogen-bond acceptors (Lipinski definition) is 4. The first-order valence-corrected chi connectivity index (χ1v) is 8.79. The zero-order chi connectivity index (χ0) is 19.9. The van der Waals surface area contributed by atoms with Crippen LogP contribution >= 0.6 is 0 Å². The molecule has 0 radical (unpaired) electrons. The van der Waals surface area contributed by atoms with Crippen molar-refractivity contribution in [3.63, 3.8) is 0 Å². The lowest BCUT2D eigenvalue weighted by atomic mass is 10.1. The Morgan fingerprint density at radius 2 is 1.79 bits per heavy atom. The minimum Gasteiger partial charge on any atom is -0.497 e. The number of methoxy groups -OCH3 is 1. The molecule has 0 aliphatic rings. The standard InChI is InChI=1S/C21H20FN3O3/c1-28-18-8-4-16(5-9-18)19-10-11-21(27)25(24-19)14-20(26)23-13-12-15-2-6-17(22)7-3-15/h2-11H,12-14H2,1H3,(H,23,26). The number of carbonyl (C=O) groups excluding carboxylic acids is 1. The topological polar surface area (TPSA) is 73.2 Å². The highest BCUT2D eigenvalue weighted by Gasteiger charge is 2.08. The Balaban J connectivity index is 1.61. The van der Waals surface area contributed by atoms with E-state index < -0.39 is 0 Å². The second kappa shape index (κ2) is 8.94. The Labute approximate surface area is 161 Å². The number of ether oxygens (including phenoxy) is 1. The van der Waals surface area contributed by atoms with Crippen molar-refractivity contribution in [1.82, 2.24) is 15.1 Å². The van der Waals surface area contributed by atoms with Crippen molar-refractivity contribution >= 4 is 5.91 Å². The molecule has 0 aliphatic carbocycles. The first-order valence-electron chi connectivity index (χ1n) is 8.79. The van der Waals surface area contributed by atoms with Crippen LogP contribution in [0.1, 0.15) is 5.56 Å². The molecule has 0 spiro atoms. The molecule has 0 saturated carbocycles. The summed E-state index contributed by atoms with van der Waals surface area (Å²) < 4.78 is 19.2. The molecular formula is C21H20FN3O3. The van der Waals surface area contributed by atoms with Gasteiger partial charge in [-0.15, -0.1) is 0 Å². The number of nitrogens with zero attached hydrogens (tertiary/aromatic N) is 2. The molecule has 0 saturated heterocycles. The van der Waals surface area contributed by atoms with Crippen LogP contribution in [-0.2, 0) is 17.8 Å². The minimum absolute atomic E-state index is 0.174. The van der Waals surface area contributed by atoms with Gasteiger partial charge in [-0.25, -0.2) is 9.07 Å². The van der Waals surface area contributed by atoms with Crippen molar-refractivity contribution in [2.45, 2.75) is 13.0 Å². The van der Waals surface area contributed by atoms with Crippen molar-refractivity contribution in [3.8, 4) is 17.0 Å². The summed E-state index contributed by atoms with van der Waals surface area (Å²) in [5.74, 6) is 0.108. The molecule has 0 aliphatic heterocycles. The van der Waals surface area contributed by atoms with E-state index in [1.165, 1.54) is 18.2 Å². The van der Waals surface area contributed by atoms with E-state index in [0.29, 0.717) is 18.7 Å². The van der Waals surface area contributed by atoms with Gasteiger partial charge >= 0.3 is 0 Å². The molecule has 0 fully saturated rings. The van der Waals surface area contributed by atoms with Crippen molar-refractivity contribution in [2.75, 3.05) is 13.7 Å². The van der Waals surface area contributed by atoms with Crippen LogP contribution < -0.4 is 15.6 Å². The lowest BCUT2D eigenvalue weighted by Gasteiger charge is -2.09. The lowest BCUT2D eigenvalue weighted by molar-refractivity contribution is -0.121. The Kier molecular flexibility index (Phi) is 6.16. The summed E-state index contributed by atoms with van der Waals surface area (Å²) in [4.78, 5) is 24.2. The maximum absolute atomic E-state index is 12.9. The summed E-state index contributed by atoms with van der Waals surface area (Å²) in [6.07, 6.45) is 0.570. The molecule has 3 rings (SSSR count). The van der Waals surface area contributed by atoms with Crippen LogP contribution in [0, 0.1) is 5.82 Å². The molecule has 1 amide bonds. The molecule has 7 heteroatoms. The van der Waals surface area contributed by atoms with Crippen LogP contribution in [0.15, 0.2) is 65.5 Å². The molecule has 144 valence electrons. The van der Waals surface area contributed by atoms with Crippen LogP contribution in [-0.4, -0.2) is 29.3 Å². The van der Waals surface area contributed by atoms with E-state index >= 15 is 0 Å². The highest BCUT2D eigenvalue weighted by molar-refractivity contribution is 5.75. The molecule has 28 heavy (non-hydrogen) atoms. The van der Waals surface area contributed by atoms with Gasteiger partial charge < -0.3 is 10.1 Å². The molecule has 6 nitrogen and oxygen atoms in total.